The van der Waals surface area contributed by atoms with Gasteiger partial charge in [0.15, 0.2) is 0 Å². The van der Waals surface area contributed by atoms with Gasteiger partial charge in [0.2, 0.25) is 0 Å². The quantitative estimate of drug-likeness (QED) is 0.753. The molecule has 0 spiro atoms. The largest absolute Gasteiger partial charge is 0.392 e. The van der Waals surface area contributed by atoms with Crippen LogP contribution < -0.4 is 0 Å². The molecule has 0 saturated heterocycles. The zero-order valence-corrected chi connectivity index (χ0v) is 8.18. The zero-order chi connectivity index (χ0) is 10.1. The van der Waals surface area contributed by atoms with Gasteiger partial charge in [0.05, 0.1) is 6.61 Å². The van der Waals surface area contributed by atoms with E-state index in [2.05, 4.69) is 10.2 Å². The van der Waals surface area contributed by atoms with Gasteiger partial charge in [0, 0.05) is 17.0 Å². The molecular formula is C9H12N4O. The molecule has 0 aliphatic rings. The number of aromatic nitrogens is 4. The van der Waals surface area contributed by atoms with Crippen molar-refractivity contribution in [2.24, 2.45) is 0 Å². The van der Waals surface area contributed by atoms with Crippen LogP contribution in [0.4, 0.5) is 0 Å². The Labute approximate surface area is 81.6 Å². The van der Waals surface area contributed by atoms with E-state index >= 15 is 0 Å². The van der Waals surface area contributed by atoms with Gasteiger partial charge in [-0.25, -0.2) is 4.68 Å². The Bertz CT molecular complexity index is 430. The highest BCUT2D eigenvalue weighted by molar-refractivity contribution is 5.26. The first-order valence-electron chi connectivity index (χ1n) is 4.38. The molecule has 2 aromatic rings. The Morgan fingerprint density at radius 1 is 1.29 bits per heavy atom. The number of nitrogens with zero attached hydrogens (tertiary/aromatic N) is 4. The van der Waals surface area contributed by atoms with Gasteiger partial charge >= 0.3 is 0 Å². The zero-order valence-electron chi connectivity index (χ0n) is 8.18. The third kappa shape index (κ3) is 1.22. The Kier molecular flexibility index (Phi) is 2.09. The Balaban J connectivity index is 2.58. The second-order valence-corrected chi connectivity index (χ2v) is 3.21. The highest BCUT2D eigenvalue weighted by Gasteiger charge is 2.08. The molecule has 1 N–H and O–H groups in total. The van der Waals surface area contributed by atoms with Gasteiger partial charge in [-0.1, -0.05) is 0 Å². The number of aryl methyl sites for hydroxylation is 1. The van der Waals surface area contributed by atoms with Crippen LogP contribution in [0.15, 0.2) is 18.7 Å². The molecule has 0 fully saturated rings. The van der Waals surface area contributed by atoms with Gasteiger partial charge in [-0.2, -0.15) is 0 Å². The molecule has 0 amide bonds. The SMILES string of the molecule is Cc1cc(CO)c(C)n1-n1cnnc1. The van der Waals surface area contributed by atoms with Gasteiger partial charge in [0.25, 0.3) is 0 Å². The first kappa shape index (κ1) is 8.96. The molecule has 2 rings (SSSR count). The van der Waals surface area contributed by atoms with Crippen LogP contribution in [0, 0.1) is 13.8 Å². The fourth-order valence-electron chi connectivity index (χ4n) is 1.63. The summed E-state index contributed by atoms with van der Waals surface area (Å²) < 4.78 is 3.73. The van der Waals surface area contributed by atoms with E-state index in [1.165, 1.54) is 0 Å². The number of hydrogen-bond donors (Lipinski definition) is 1. The third-order valence-electron chi connectivity index (χ3n) is 2.31. The van der Waals surface area contributed by atoms with Crippen LogP contribution in [0.2, 0.25) is 0 Å². The van der Waals surface area contributed by atoms with Crippen LogP contribution in [-0.2, 0) is 6.61 Å². The summed E-state index contributed by atoms with van der Waals surface area (Å²) >= 11 is 0. The minimum Gasteiger partial charge on any atom is -0.392 e. The summed E-state index contributed by atoms with van der Waals surface area (Å²) in [6, 6.07) is 1.95. The molecule has 5 heteroatoms. The highest BCUT2D eigenvalue weighted by Crippen LogP contribution is 2.14. The molecule has 2 aromatic heterocycles. The van der Waals surface area contributed by atoms with E-state index in [1.54, 1.807) is 17.3 Å². The van der Waals surface area contributed by atoms with E-state index in [1.807, 2.05) is 24.6 Å². The molecule has 0 atom stereocenters. The lowest BCUT2D eigenvalue weighted by Crippen LogP contribution is -2.10. The number of rotatable bonds is 2. The van der Waals surface area contributed by atoms with Crippen LogP contribution in [0.3, 0.4) is 0 Å². The van der Waals surface area contributed by atoms with Gasteiger partial charge in [0.1, 0.15) is 12.7 Å². The third-order valence-corrected chi connectivity index (χ3v) is 2.31. The first-order chi connectivity index (χ1) is 6.74. The van der Waals surface area contributed by atoms with Crippen molar-refractivity contribution in [3.63, 3.8) is 0 Å². The normalized spacial score (nSPS) is 10.8. The van der Waals surface area contributed by atoms with E-state index in [0.717, 1.165) is 17.0 Å². The second kappa shape index (κ2) is 3.26. The predicted octanol–water partition coefficient (Wildman–Crippen LogP) is 0.500. The maximum atomic E-state index is 9.10. The highest BCUT2D eigenvalue weighted by atomic mass is 16.3. The first-order valence-corrected chi connectivity index (χ1v) is 4.38. The molecule has 0 aliphatic carbocycles. The summed E-state index contributed by atoms with van der Waals surface area (Å²) in [4.78, 5) is 0. The van der Waals surface area contributed by atoms with Gasteiger partial charge < -0.3 is 5.11 Å². The fraction of sp³-hybridized carbons (Fsp3) is 0.333. The van der Waals surface area contributed by atoms with Crippen molar-refractivity contribution in [2.75, 3.05) is 0 Å². The molecule has 5 nitrogen and oxygen atoms in total. The van der Waals surface area contributed by atoms with Crippen LogP contribution in [0.1, 0.15) is 17.0 Å². The van der Waals surface area contributed by atoms with Crippen molar-refractivity contribution in [1.29, 1.82) is 0 Å². The topological polar surface area (TPSA) is 55.9 Å². The molecule has 0 unspecified atom stereocenters. The monoisotopic (exact) mass is 192 g/mol. The van der Waals surface area contributed by atoms with E-state index in [9.17, 15) is 0 Å². The molecule has 0 bridgehead atoms. The fourth-order valence-corrected chi connectivity index (χ4v) is 1.63. The summed E-state index contributed by atoms with van der Waals surface area (Å²) in [5, 5.41) is 16.6. The molecule has 14 heavy (non-hydrogen) atoms. The summed E-state index contributed by atoms with van der Waals surface area (Å²) in [6.45, 7) is 3.99. The molecule has 74 valence electrons. The lowest BCUT2D eigenvalue weighted by Gasteiger charge is -2.08. The molecule has 0 saturated carbocycles. The Hall–Kier alpha value is -1.62. The maximum Gasteiger partial charge on any atom is 0.139 e. The Morgan fingerprint density at radius 3 is 2.43 bits per heavy atom. The van der Waals surface area contributed by atoms with Crippen LogP contribution in [0.5, 0.6) is 0 Å². The minimum atomic E-state index is 0.0573. The smallest absolute Gasteiger partial charge is 0.139 e. The standard InChI is InChI=1S/C9H12N4O/c1-7-3-9(4-14)8(2)13(7)12-5-10-11-6-12/h3,5-6,14H,4H2,1-2H3. The molecule has 0 aromatic carbocycles. The predicted molar refractivity (Wildman–Crippen MR) is 50.6 cm³/mol. The van der Waals surface area contributed by atoms with Crippen LogP contribution >= 0.6 is 0 Å². The van der Waals surface area contributed by atoms with Crippen molar-refractivity contribution >= 4 is 0 Å². The summed E-state index contributed by atoms with van der Waals surface area (Å²) in [7, 11) is 0. The summed E-state index contributed by atoms with van der Waals surface area (Å²) in [6.07, 6.45) is 3.25. The van der Waals surface area contributed by atoms with Gasteiger partial charge in [-0.05, 0) is 19.9 Å². The molecule has 2 heterocycles. The van der Waals surface area contributed by atoms with Crippen molar-refractivity contribution in [3.05, 3.63) is 35.7 Å². The minimum absolute atomic E-state index is 0.0573. The van der Waals surface area contributed by atoms with E-state index < -0.39 is 0 Å². The van der Waals surface area contributed by atoms with Gasteiger partial charge in [-0.3, -0.25) is 4.68 Å². The van der Waals surface area contributed by atoms with Crippen molar-refractivity contribution < 1.29 is 5.11 Å². The molecular weight excluding hydrogens is 180 g/mol. The average Bonchev–Trinajstić information content (AvgIpc) is 2.74. The number of hydrogen-bond acceptors (Lipinski definition) is 3. The Morgan fingerprint density at radius 2 is 1.93 bits per heavy atom. The van der Waals surface area contributed by atoms with Crippen molar-refractivity contribution in [2.45, 2.75) is 20.5 Å². The number of aliphatic hydroxyl groups is 1. The second-order valence-electron chi connectivity index (χ2n) is 3.21. The maximum absolute atomic E-state index is 9.10. The van der Waals surface area contributed by atoms with E-state index in [0.29, 0.717) is 0 Å². The van der Waals surface area contributed by atoms with Crippen molar-refractivity contribution in [1.82, 2.24) is 19.5 Å². The summed E-state index contributed by atoms with van der Waals surface area (Å²) in [5.41, 5.74) is 2.98. The lowest BCUT2D eigenvalue weighted by atomic mass is 10.3. The summed E-state index contributed by atoms with van der Waals surface area (Å²) in [5.74, 6) is 0. The van der Waals surface area contributed by atoms with E-state index in [-0.39, 0.29) is 6.61 Å². The van der Waals surface area contributed by atoms with Crippen LogP contribution in [-0.4, -0.2) is 24.7 Å². The van der Waals surface area contributed by atoms with E-state index in [4.69, 9.17) is 5.11 Å². The van der Waals surface area contributed by atoms with Gasteiger partial charge in [-0.15, -0.1) is 10.2 Å². The van der Waals surface area contributed by atoms with Crippen molar-refractivity contribution in [3.8, 4) is 0 Å². The molecule has 0 aliphatic heterocycles. The average molecular weight is 192 g/mol. The van der Waals surface area contributed by atoms with Crippen LogP contribution in [0.25, 0.3) is 0 Å². The number of aliphatic hydroxyl groups excluding tert-OH is 1. The molecule has 0 radical (unpaired) electrons. The lowest BCUT2D eigenvalue weighted by molar-refractivity contribution is 0.280.